The number of alkyl halides is 3. The molecule has 1 atom stereocenters. The van der Waals surface area contributed by atoms with Gasteiger partial charge in [-0.1, -0.05) is 19.1 Å². The van der Waals surface area contributed by atoms with Gasteiger partial charge in [-0.05, 0) is 19.3 Å². The fourth-order valence-electron chi connectivity index (χ4n) is 1.70. The molecule has 1 fully saturated rings. The molecule has 1 amide bonds. The normalized spacial score (nSPS) is 22.7. The number of allylic oxidation sites excluding steroid dienone is 1. The van der Waals surface area contributed by atoms with Gasteiger partial charge < -0.3 is 4.90 Å². The molecule has 1 aliphatic rings. The van der Waals surface area contributed by atoms with Gasteiger partial charge in [-0.25, -0.2) is 0 Å². The van der Waals surface area contributed by atoms with Crippen LogP contribution in [0.4, 0.5) is 13.2 Å². The Labute approximate surface area is 86.7 Å². The van der Waals surface area contributed by atoms with Crippen molar-refractivity contribution in [3.8, 4) is 0 Å². The molecule has 2 nitrogen and oxygen atoms in total. The number of amides is 1. The number of rotatable bonds is 2. The molecule has 0 spiro atoms. The van der Waals surface area contributed by atoms with E-state index in [1.165, 1.54) is 0 Å². The van der Waals surface area contributed by atoms with Crippen LogP contribution in [0.15, 0.2) is 12.2 Å². The highest BCUT2D eigenvalue weighted by atomic mass is 19.4. The summed E-state index contributed by atoms with van der Waals surface area (Å²) in [5.41, 5.74) is 0. The van der Waals surface area contributed by atoms with Crippen LogP contribution in [0.5, 0.6) is 0 Å². The van der Waals surface area contributed by atoms with Gasteiger partial charge in [-0.15, -0.1) is 0 Å². The van der Waals surface area contributed by atoms with E-state index in [-0.39, 0.29) is 12.6 Å². The van der Waals surface area contributed by atoms with E-state index >= 15 is 0 Å². The number of hydrogen-bond donors (Lipinski definition) is 0. The van der Waals surface area contributed by atoms with Gasteiger partial charge in [0.25, 0.3) is 0 Å². The van der Waals surface area contributed by atoms with E-state index in [9.17, 15) is 18.0 Å². The summed E-state index contributed by atoms with van der Waals surface area (Å²) >= 11 is 0. The predicted octanol–water partition coefficient (Wildman–Crippen LogP) is 2.51. The second kappa shape index (κ2) is 4.68. The van der Waals surface area contributed by atoms with Crippen LogP contribution < -0.4 is 0 Å². The van der Waals surface area contributed by atoms with Gasteiger partial charge in [0.1, 0.15) is 0 Å². The van der Waals surface area contributed by atoms with Crippen LogP contribution in [-0.2, 0) is 4.79 Å². The Morgan fingerprint density at radius 1 is 1.53 bits per heavy atom. The average Bonchev–Trinajstić information content (AvgIpc) is 2.59. The Kier molecular flexibility index (Phi) is 3.77. The Hall–Kier alpha value is -1.00. The number of likely N-dealkylation sites (tertiary alicyclic amines) is 1. The number of hydrogen-bond acceptors (Lipinski definition) is 1. The molecule has 0 aliphatic carbocycles. The lowest BCUT2D eigenvalue weighted by atomic mass is 10.2. The van der Waals surface area contributed by atoms with Crippen LogP contribution in [0.3, 0.4) is 0 Å². The Morgan fingerprint density at radius 3 is 2.73 bits per heavy atom. The van der Waals surface area contributed by atoms with Crippen LogP contribution in [0.1, 0.15) is 26.2 Å². The van der Waals surface area contributed by atoms with Crippen molar-refractivity contribution in [1.82, 2.24) is 4.90 Å². The molecule has 1 saturated heterocycles. The number of carbonyl (C=O) groups is 1. The molecule has 0 aromatic heterocycles. The Bertz CT molecular complexity index is 260. The zero-order chi connectivity index (χ0) is 11.5. The van der Waals surface area contributed by atoms with Gasteiger partial charge in [-0.2, -0.15) is 13.2 Å². The van der Waals surface area contributed by atoms with E-state index in [0.717, 1.165) is 11.3 Å². The summed E-state index contributed by atoms with van der Waals surface area (Å²) in [5, 5.41) is 0. The predicted molar refractivity (Wildman–Crippen MR) is 50.2 cm³/mol. The molecule has 0 bridgehead atoms. The molecule has 1 heterocycles. The third-order valence-electron chi connectivity index (χ3n) is 2.40. The van der Waals surface area contributed by atoms with Gasteiger partial charge in [0.15, 0.2) is 0 Å². The van der Waals surface area contributed by atoms with Gasteiger partial charge in [-0.3, -0.25) is 4.79 Å². The van der Waals surface area contributed by atoms with Crippen molar-refractivity contribution in [2.45, 2.75) is 38.4 Å². The lowest BCUT2D eigenvalue weighted by molar-refractivity contribution is -0.185. The maximum absolute atomic E-state index is 12.2. The molecular weight excluding hydrogens is 207 g/mol. The lowest BCUT2D eigenvalue weighted by Crippen LogP contribution is -2.43. The van der Waals surface area contributed by atoms with Crippen molar-refractivity contribution < 1.29 is 18.0 Å². The van der Waals surface area contributed by atoms with Crippen LogP contribution in [0.2, 0.25) is 0 Å². The highest BCUT2D eigenvalue weighted by Gasteiger charge is 2.45. The van der Waals surface area contributed by atoms with E-state index in [1.54, 1.807) is 12.2 Å². The minimum atomic E-state index is -4.75. The van der Waals surface area contributed by atoms with Crippen molar-refractivity contribution in [2.75, 3.05) is 6.54 Å². The lowest BCUT2D eigenvalue weighted by Gasteiger charge is -2.23. The number of carbonyl (C=O) groups excluding carboxylic acids is 1. The molecule has 0 saturated carbocycles. The Balaban J connectivity index is 2.68. The second-order valence-electron chi connectivity index (χ2n) is 3.54. The maximum atomic E-state index is 12.2. The quantitative estimate of drug-likeness (QED) is 0.656. The Morgan fingerprint density at radius 2 is 2.20 bits per heavy atom. The first kappa shape index (κ1) is 12.1. The first-order chi connectivity index (χ1) is 6.96. The van der Waals surface area contributed by atoms with Crippen molar-refractivity contribution in [3.05, 3.63) is 12.2 Å². The summed E-state index contributed by atoms with van der Waals surface area (Å²) in [5.74, 6) is -1.72. The first-order valence-electron chi connectivity index (χ1n) is 5.01. The fraction of sp³-hybridized carbons (Fsp3) is 0.700. The standard InChI is InChI=1S/C10H14F3NO/c1-2-3-5-8-6-4-7-14(8)9(15)10(11,12)13/h3,5,8H,2,4,6-7H2,1H3/b5-3-. The monoisotopic (exact) mass is 221 g/mol. The third kappa shape index (κ3) is 2.97. The summed E-state index contributed by atoms with van der Waals surface area (Å²) in [7, 11) is 0. The van der Waals surface area contributed by atoms with Gasteiger partial charge in [0, 0.05) is 6.54 Å². The zero-order valence-electron chi connectivity index (χ0n) is 8.55. The number of halogens is 3. The van der Waals surface area contributed by atoms with Crippen LogP contribution in [-0.4, -0.2) is 29.6 Å². The molecule has 1 unspecified atom stereocenters. The minimum absolute atomic E-state index is 0.205. The largest absolute Gasteiger partial charge is 0.471 e. The van der Waals surface area contributed by atoms with Crippen LogP contribution in [0, 0.1) is 0 Å². The zero-order valence-corrected chi connectivity index (χ0v) is 8.55. The van der Waals surface area contributed by atoms with Crippen LogP contribution >= 0.6 is 0 Å². The molecule has 5 heteroatoms. The SMILES string of the molecule is CC/C=C\C1CCCN1C(=O)C(F)(F)F. The summed E-state index contributed by atoms with van der Waals surface area (Å²) < 4.78 is 36.5. The summed E-state index contributed by atoms with van der Waals surface area (Å²) in [6.07, 6.45) is 0.773. The maximum Gasteiger partial charge on any atom is 0.471 e. The van der Waals surface area contributed by atoms with E-state index in [0.29, 0.717) is 12.8 Å². The van der Waals surface area contributed by atoms with E-state index in [1.807, 2.05) is 6.92 Å². The van der Waals surface area contributed by atoms with Gasteiger partial charge >= 0.3 is 12.1 Å². The number of nitrogens with zero attached hydrogens (tertiary/aromatic N) is 1. The van der Waals surface area contributed by atoms with E-state index in [4.69, 9.17) is 0 Å². The topological polar surface area (TPSA) is 20.3 Å². The molecule has 0 radical (unpaired) electrons. The van der Waals surface area contributed by atoms with Crippen molar-refractivity contribution >= 4 is 5.91 Å². The third-order valence-corrected chi connectivity index (χ3v) is 2.40. The van der Waals surface area contributed by atoms with Gasteiger partial charge in [0.05, 0.1) is 6.04 Å². The minimum Gasteiger partial charge on any atom is -0.328 e. The van der Waals surface area contributed by atoms with Gasteiger partial charge in [0.2, 0.25) is 0 Å². The highest BCUT2D eigenvalue weighted by Crippen LogP contribution is 2.26. The molecule has 1 aliphatic heterocycles. The highest BCUT2D eigenvalue weighted by molar-refractivity contribution is 5.82. The van der Waals surface area contributed by atoms with E-state index < -0.39 is 12.1 Å². The van der Waals surface area contributed by atoms with Crippen molar-refractivity contribution in [2.24, 2.45) is 0 Å². The molecule has 1 rings (SSSR count). The summed E-state index contributed by atoms with van der Waals surface area (Å²) in [6.45, 7) is 2.11. The molecule has 0 N–H and O–H groups in total. The molecule has 15 heavy (non-hydrogen) atoms. The molecule has 0 aromatic rings. The fourth-order valence-corrected chi connectivity index (χ4v) is 1.70. The second-order valence-corrected chi connectivity index (χ2v) is 3.54. The first-order valence-corrected chi connectivity index (χ1v) is 5.01. The average molecular weight is 221 g/mol. The van der Waals surface area contributed by atoms with E-state index in [2.05, 4.69) is 0 Å². The molecule has 0 aromatic carbocycles. The molecule has 86 valence electrons. The van der Waals surface area contributed by atoms with Crippen molar-refractivity contribution in [1.29, 1.82) is 0 Å². The smallest absolute Gasteiger partial charge is 0.328 e. The van der Waals surface area contributed by atoms with Crippen molar-refractivity contribution in [3.63, 3.8) is 0 Å². The van der Waals surface area contributed by atoms with Crippen LogP contribution in [0.25, 0.3) is 0 Å². The summed E-state index contributed by atoms with van der Waals surface area (Å²) in [4.78, 5) is 11.9. The molecular formula is C10H14F3NO. The summed E-state index contributed by atoms with van der Waals surface area (Å²) in [6, 6.07) is -0.376.